The molecule has 5 atom stereocenters. The molecule has 0 radical (unpaired) electrons. The standard InChI is InChI=1S/C28H30F4N4O3/c29-23-5-4-20(12-22(23)28(30,31)32)34-26(39)36(9-8-35-15-24(37)25(38)16-35)21-6-7-27(13-19(27)11-21)18-3-1-2-17(10-18)14-33/h1-5,10,12,19,21,24-25,37-38H,6-9,11,13,15-16H2,(H,34,39)/t19?,21-,24-,25-,27-/m1/s1. The van der Waals surface area contributed by atoms with Crippen LogP contribution >= 0.6 is 0 Å². The fourth-order valence-corrected chi connectivity index (χ4v) is 6.29. The van der Waals surface area contributed by atoms with Gasteiger partial charge in [0.05, 0.1) is 29.4 Å². The van der Waals surface area contributed by atoms with E-state index < -0.39 is 35.8 Å². The quantitative estimate of drug-likeness (QED) is 0.474. The van der Waals surface area contributed by atoms with Gasteiger partial charge in [0.15, 0.2) is 0 Å². The second-order valence-corrected chi connectivity index (χ2v) is 10.9. The van der Waals surface area contributed by atoms with Crippen LogP contribution in [0.5, 0.6) is 0 Å². The Bertz CT molecular complexity index is 1270. The van der Waals surface area contributed by atoms with Crippen molar-refractivity contribution in [2.75, 3.05) is 31.5 Å². The summed E-state index contributed by atoms with van der Waals surface area (Å²) in [5.74, 6) is -1.11. The highest BCUT2D eigenvalue weighted by Gasteiger charge is 2.58. The van der Waals surface area contributed by atoms with Gasteiger partial charge in [0, 0.05) is 37.9 Å². The number of urea groups is 1. The topological polar surface area (TPSA) is 99.8 Å². The number of aliphatic hydroxyl groups excluding tert-OH is 2. The molecule has 2 amide bonds. The molecule has 0 bridgehead atoms. The number of amides is 2. The first-order valence-corrected chi connectivity index (χ1v) is 13.0. The molecule has 3 aliphatic rings. The maximum Gasteiger partial charge on any atom is 0.419 e. The molecule has 5 rings (SSSR count). The summed E-state index contributed by atoms with van der Waals surface area (Å²) in [5.41, 5.74) is 0.0746. The smallest absolute Gasteiger partial charge is 0.389 e. The van der Waals surface area contributed by atoms with Gasteiger partial charge in [0.1, 0.15) is 5.82 Å². The Morgan fingerprint density at radius 1 is 1.18 bits per heavy atom. The summed E-state index contributed by atoms with van der Waals surface area (Å²) in [6.07, 6.45) is -3.54. The van der Waals surface area contributed by atoms with Crippen LogP contribution < -0.4 is 5.32 Å². The molecule has 2 saturated carbocycles. The van der Waals surface area contributed by atoms with Crippen LogP contribution in [-0.2, 0) is 11.6 Å². The average molecular weight is 547 g/mol. The first kappa shape index (κ1) is 27.4. The van der Waals surface area contributed by atoms with Gasteiger partial charge in [-0.15, -0.1) is 0 Å². The molecule has 1 saturated heterocycles. The molecule has 7 nitrogen and oxygen atoms in total. The first-order chi connectivity index (χ1) is 18.5. The Morgan fingerprint density at radius 3 is 2.59 bits per heavy atom. The molecule has 2 aliphatic carbocycles. The third-order valence-electron chi connectivity index (χ3n) is 8.50. The van der Waals surface area contributed by atoms with E-state index >= 15 is 0 Å². The summed E-state index contributed by atoms with van der Waals surface area (Å²) in [5, 5.41) is 31.6. The number of hydrogen-bond acceptors (Lipinski definition) is 5. The highest BCUT2D eigenvalue weighted by Crippen LogP contribution is 2.62. The minimum atomic E-state index is -4.90. The molecular weight excluding hydrogens is 516 g/mol. The Morgan fingerprint density at radius 2 is 1.92 bits per heavy atom. The highest BCUT2D eigenvalue weighted by atomic mass is 19.4. The minimum absolute atomic E-state index is 0.0345. The first-order valence-electron chi connectivity index (χ1n) is 13.0. The van der Waals surface area contributed by atoms with Crippen LogP contribution in [0.2, 0.25) is 0 Å². The zero-order valence-electron chi connectivity index (χ0n) is 21.2. The lowest BCUT2D eigenvalue weighted by atomic mass is 9.80. The summed E-state index contributed by atoms with van der Waals surface area (Å²) < 4.78 is 53.4. The van der Waals surface area contributed by atoms with Crippen LogP contribution in [0.25, 0.3) is 0 Å². The molecule has 3 fully saturated rings. The Kier molecular flexibility index (Phi) is 7.31. The lowest BCUT2D eigenvalue weighted by Gasteiger charge is -2.37. The number of benzene rings is 2. The Hall–Kier alpha value is -3.20. The zero-order chi connectivity index (χ0) is 27.9. The maximum absolute atomic E-state index is 13.8. The molecule has 39 heavy (non-hydrogen) atoms. The van der Waals surface area contributed by atoms with Gasteiger partial charge >= 0.3 is 12.2 Å². The number of anilines is 1. The second-order valence-electron chi connectivity index (χ2n) is 10.9. The van der Waals surface area contributed by atoms with Gasteiger partial charge in [0.2, 0.25) is 0 Å². The van der Waals surface area contributed by atoms with Crippen molar-refractivity contribution in [3.8, 4) is 6.07 Å². The number of aliphatic hydroxyl groups is 2. The van der Waals surface area contributed by atoms with Crippen LogP contribution in [0.3, 0.4) is 0 Å². The summed E-state index contributed by atoms with van der Waals surface area (Å²) in [7, 11) is 0. The predicted octanol–water partition coefficient (Wildman–Crippen LogP) is 4.10. The number of rotatable bonds is 6. The fourth-order valence-electron chi connectivity index (χ4n) is 6.29. The van der Waals surface area contributed by atoms with Crippen molar-refractivity contribution in [3.63, 3.8) is 0 Å². The molecule has 208 valence electrons. The lowest BCUT2D eigenvalue weighted by Crippen LogP contribution is -2.48. The van der Waals surface area contributed by atoms with Gasteiger partial charge in [-0.1, -0.05) is 12.1 Å². The Labute approximate surface area is 223 Å². The molecular formula is C28H30F4N4O3. The fraction of sp³-hybridized carbons (Fsp3) is 0.500. The number of carbonyl (C=O) groups is 1. The number of halogens is 4. The Balaban J connectivity index is 1.32. The van der Waals surface area contributed by atoms with Crippen molar-refractivity contribution in [2.24, 2.45) is 5.92 Å². The van der Waals surface area contributed by atoms with Crippen molar-refractivity contribution >= 4 is 11.7 Å². The summed E-state index contributed by atoms with van der Waals surface area (Å²) >= 11 is 0. The van der Waals surface area contributed by atoms with Gasteiger partial charge in [-0.25, -0.2) is 9.18 Å². The van der Waals surface area contributed by atoms with Gasteiger partial charge in [-0.2, -0.15) is 18.4 Å². The number of alkyl halides is 3. The third kappa shape index (κ3) is 5.60. The molecule has 2 aromatic rings. The van der Waals surface area contributed by atoms with Gasteiger partial charge < -0.3 is 20.4 Å². The van der Waals surface area contributed by atoms with Gasteiger partial charge in [-0.3, -0.25) is 4.90 Å². The SMILES string of the molecule is N#Cc1cccc([C@]23CC[C@@H](N(CCN4C[C@@H](O)[C@H](O)C4)C(=O)Nc4ccc(F)c(C(F)(F)F)c4)CC2C3)c1. The van der Waals surface area contributed by atoms with Crippen molar-refractivity contribution < 1.29 is 32.6 Å². The van der Waals surface area contributed by atoms with Crippen molar-refractivity contribution in [2.45, 2.75) is 55.5 Å². The van der Waals surface area contributed by atoms with E-state index in [9.17, 15) is 37.8 Å². The third-order valence-corrected chi connectivity index (χ3v) is 8.50. The molecule has 11 heteroatoms. The number of likely N-dealkylation sites (tertiary alicyclic amines) is 1. The number of nitrogens with one attached hydrogen (secondary N) is 1. The van der Waals surface area contributed by atoms with Crippen molar-refractivity contribution in [1.29, 1.82) is 5.26 Å². The highest BCUT2D eigenvalue weighted by molar-refractivity contribution is 5.89. The van der Waals surface area contributed by atoms with Crippen LogP contribution in [0.4, 0.5) is 28.0 Å². The molecule has 2 aromatic carbocycles. The number of fused-ring (bicyclic) bond motifs is 1. The van der Waals surface area contributed by atoms with E-state index in [0.717, 1.165) is 24.5 Å². The normalized spacial score (nSPS) is 28.4. The van der Waals surface area contributed by atoms with Crippen molar-refractivity contribution in [1.82, 2.24) is 9.80 Å². The van der Waals surface area contributed by atoms with E-state index in [0.29, 0.717) is 43.0 Å². The van der Waals surface area contributed by atoms with E-state index in [1.165, 1.54) is 0 Å². The molecule has 1 unspecified atom stereocenters. The second kappa shape index (κ2) is 10.4. The lowest BCUT2D eigenvalue weighted by molar-refractivity contribution is -0.139. The molecule has 1 aliphatic heterocycles. The predicted molar refractivity (Wildman–Crippen MR) is 134 cm³/mol. The molecule has 1 heterocycles. The van der Waals surface area contributed by atoms with E-state index in [2.05, 4.69) is 11.4 Å². The van der Waals surface area contributed by atoms with Gasteiger partial charge in [0.25, 0.3) is 0 Å². The van der Waals surface area contributed by atoms with E-state index in [-0.39, 0.29) is 36.8 Å². The number of nitrogens with zero attached hydrogens (tertiary/aromatic N) is 3. The average Bonchev–Trinajstić information content (AvgIpc) is 3.55. The van der Waals surface area contributed by atoms with E-state index in [1.807, 2.05) is 23.1 Å². The van der Waals surface area contributed by atoms with Crippen molar-refractivity contribution in [3.05, 3.63) is 65.0 Å². The van der Waals surface area contributed by atoms with Crippen LogP contribution in [-0.4, -0.2) is 70.5 Å². The van der Waals surface area contributed by atoms with E-state index in [1.54, 1.807) is 11.0 Å². The maximum atomic E-state index is 13.8. The van der Waals surface area contributed by atoms with E-state index in [4.69, 9.17) is 0 Å². The zero-order valence-corrected chi connectivity index (χ0v) is 21.2. The van der Waals surface area contributed by atoms with Crippen LogP contribution in [0.1, 0.15) is 42.4 Å². The number of hydrogen-bond donors (Lipinski definition) is 3. The number of nitriles is 1. The summed E-state index contributed by atoms with van der Waals surface area (Å²) in [6, 6.07) is 11.4. The van der Waals surface area contributed by atoms with Crippen LogP contribution in [0, 0.1) is 23.1 Å². The summed E-state index contributed by atoms with van der Waals surface area (Å²) in [6.45, 7) is 1.13. The monoisotopic (exact) mass is 546 g/mol. The minimum Gasteiger partial charge on any atom is -0.389 e. The largest absolute Gasteiger partial charge is 0.419 e. The molecule has 0 spiro atoms. The molecule has 0 aromatic heterocycles. The molecule has 3 N–H and O–H groups in total. The van der Waals surface area contributed by atoms with Crippen LogP contribution in [0.15, 0.2) is 42.5 Å². The number of carbonyl (C=O) groups excluding carboxylic acids is 1. The van der Waals surface area contributed by atoms with Gasteiger partial charge in [-0.05, 0) is 72.9 Å². The summed E-state index contributed by atoms with van der Waals surface area (Å²) in [4.78, 5) is 16.9. The number of β-amino-alcohol motifs (C(OH)–C–C–N with tert-alkyl or cyclic N) is 2.